The molecule has 0 saturated heterocycles. The van der Waals surface area contributed by atoms with Crippen LogP contribution in [-0.2, 0) is 0 Å². The van der Waals surface area contributed by atoms with Crippen LogP contribution in [0.2, 0.25) is 0 Å². The Labute approximate surface area is 177 Å². The minimum absolute atomic E-state index is 0.365. The van der Waals surface area contributed by atoms with E-state index in [4.69, 9.17) is 15.3 Å². The summed E-state index contributed by atoms with van der Waals surface area (Å²) in [5.41, 5.74) is 0. The van der Waals surface area contributed by atoms with E-state index < -0.39 is 59.9 Å². The number of hydrogen-bond donors (Lipinski definition) is 3. The fourth-order valence-electron chi connectivity index (χ4n) is 1.40. The molecule has 0 aromatic heterocycles. The maximum absolute atomic E-state index is 12.9. The molecule has 0 saturated carbocycles. The lowest BCUT2D eigenvalue weighted by atomic mass is 9.89. The molecular weight excluding hydrogens is 572 g/mol. The van der Waals surface area contributed by atoms with Crippen molar-refractivity contribution in [3.63, 3.8) is 0 Å². The zero-order valence-electron chi connectivity index (χ0n) is 15.4. The monoisotopic (exact) mass is 580 g/mol. The van der Waals surface area contributed by atoms with Crippen molar-refractivity contribution in [2.75, 3.05) is 13.2 Å². The van der Waals surface area contributed by atoms with Crippen molar-refractivity contribution in [3.8, 4) is 0 Å². The van der Waals surface area contributed by atoms with Crippen molar-refractivity contribution >= 4 is 0 Å². The number of rotatable bonds is 8. The second-order valence-corrected chi connectivity index (χ2v) is 6.04. The van der Waals surface area contributed by atoms with E-state index in [2.05, 4.69) is 0 Å². The fraction of sp³-hybridized carbons (Fsp3) is 1.00. The van der Waals surface area contributed by atoms with E-state index in [1.807, 2.05) is 0 Å². The zero-order chi connectivity index (χ0) is 29.5. The maximum Gasteiger partial charge on any atom is 0.460 e. The highest BCUT2D eigenvalue weighted by atomic mass is 19.4. The lowest BCUT2D eigenvalue weighted by Crippen LogP contribution is -2.75. The molecule has 0 aliphatic rings. The highest BCUT2D eigenvalue weighted by Gasteiger charge is 2.97. The number of halogens is 20. The van der Waals surface area contributed by atoms with Crippen LogP contribution in [0.3, 0.4) is 0 Å². The molecule has 23 heteroatoms. The molecule has 3 nitrogen and oxygen atoms in total. The smallest absolute Gasteiger partial charge is 0.394 e. The summed E-state index contributed by atoms with van der Waals surface area (Å²) >= 11 is 0. The molecule has 35 heavy (non-hydrogen) atoms. The van der Waals surface area contributed by atoms with Gasteiger partial charge in [-0.15, -0.1) is 0 Å². The minimum atomic E-state index is -9.02. The molecular formula is C12H8F20O3. The molecule has 0 spiro atoms. The van der Waals surface area contributed by atoms with Gasteiger partial charge in [-0.2, -0.15) is 87.8 Å². The second-order valence-electron chi connectivity index (χ2n) is 6.04. The quantitative estimate of drug-likeness (QED) is 0.359. The van der Waals surface area contributed by atoms with Gasteiger partial charge in [-0.25, -0.2) is 0 Å². The van der Waals surface area contributed by atoms with Gasteiger partial charge in [-0.05, 0) is 0 Å². The summed E-state index contributed by atoms with van der Waals surface area (Å²) in [5, 5.41) is 24.0. The van der Waals surface area contributed by atoms with Gasteiger partial charge < -0.3 is 15.3 Å². The number of hydrogen-bond acceptors (Lipinski definition) is 3. The zero-order valence-corrected chi connectivity index (χ0v) is 15.4. The van der Waals surface area contributed by atoms with Crippen molar-refractivity contribution in [3.05, 3.63) is 0 Å². The van der Waals surface area contributed by atoms with E-state index >= 15 is 0 Å². The summed E-state index contributed by atoms with van der Waals surface area (Å²) in [6, 6.07) is 0. The molecule has 0 heterocycles. The van der Waals surface area contributed by atoms with Crippen LogP contribution in [0.15, 0.2) is 0 Å². The molecule has 0 rings (SSSR count). The summed E-state index contributed by atoms with van der Waals surface area (Å²) in [6.45, 7) is -0.729. The molecule has 0 aromatic rings. The predicted molar refractivity (Wildman–Crippen MR) is 66.9 cm³/mol. The van der Waals surface area contributed by atoms with Gasteiger partial charge in [0.1, 0.15) is 6.10 Å². The first-order chi connectivity index (χ1) is 14.8. The SMILES string of the molecule is FC(F)(F)C(F)(F)C(F)(F)C(F)(F)C(F)(F)C(F)(F)C(F)(F)C(F)(F)C(F)(F)F.OCC(O)CO. The Morgan fingerprint density at radius 2 is 0.486 bits per heavy atom. The van der Waals surface area contributed by atoms with Crippen LogP contribution in [0, 0.1) is 0 Å². The third-order valence-corrected chi connectivity index (χ3v) is 3.50. The van der Waals surface area contributed by atoms with Crippen LogP contribution >= 0.6 is 0 Å². The lowest BCUT2D eigenvalue weighted by molar-refractivity contribution is -0.474. The molecule has 0 unspecified atom stereocenters. The Morgan fingerprint density at radius 1 is 0.343 bits per heavy atom. The average Bonchev–Trinajstić information content (AvgIpc) is 2.64. The molecule has 0 radical (unpaired) electrons. The van der Waals surface area contributed by atoms with E-state index in [-0.39, 0.29) is 13.2 Å². The molecule has 0 aliphatic carbocycles. The second kappa shape index (κ2) is 9.74. The van der Waals surface area contributed by atoms with Crippen molar-refractivity contribution in [2.24, 2.45) is 0 Å². The first-order valence-electron chi connectivity index (χ1n) is 7.49. The van der Waals surface area contributed by atoms with Gasteiger partial charge in [0, 0.05) is 0 Å². The van der Waals surface area contributed by atoms with Crippen molar-refractivity contribution in [2.45, 2.75) is 59.9 Å². The molecule has 0 amide bonds. The number of aliphatic hydroxyl groups excluding tert-OH is 3. The highest BCUT2D eigenvalue weighted by Crippen LogP contribution is 2.65. The van der Waals surface area contributed by atoms with Gasteiger partial charge >= 0.3 is 53.8 Å². The summed E-state index contributed by atoms with van der Waals surface area (Å²) in [5.74, 6) is -61.1. The van der Waals surface area contributed by atoms with E-state index in [1.165, 1.54) is 0 Å². The Balaban J connectivity index is 0. The van der Waals surface area contributed by atoms with Crippen LogP contribution in [0.5, 0.6) is 0 Å². The minimum Gasteiger partial charge on any atom is -0.394 e. The standard InChI is InChI=1S/C9F20.C3H8O3/c10-1(11,2(12,13)4(16,17)6(20,21)8(24,25)26)3(14,15)5(18,19)7(22,23)9(27,28)29;4-1-3(6)2-5/h;3-6H,1-2H2. The Kier molecular flexibility index (Phi) is 9.92. The summed E-state index contributed by atoms with van der Waals surface area (Å²) in [6.07, 6.45) is -16.8. The van der Waals surface area contributed by atoms with Gasteiger partial charge in [-0.3, -0.25) is 0 Å². The van der Waals surface area contributed by atoms with E-state index in [0.29, 0.717) is 0 Å². The van der Waals surface area contributed by atoms with Crippen molar-refractivity contribution in [1.82, 2.24) is 0 Å². The predicted octanol–water partition coefficient (Wildman–Crippen LogP) is 4.89. The van der Waals surface area contributed by atoms with Gasteiger partial charge in [-0.1, -0.05) is 0 Å². The Bertz CT molecular complexity index is 636. The maximum atomic E-state index is 12.9. The molecule has 0 bridgehead atoms. The third kappa shape index (κ3) is 5.44. The van der Waals surface area contributed by atoms with Crippen LogP contribution in [-0.4, -0.2) is 88.4 Å². The van der Waals surface area contributed by atoms with Crippen molar-refractivity contribution in [1.29, 1.82) is 0 Å². The summed E-state index contributed by atoms with van der Waals surface area (Å²) in [4.78, 5) is 0. The van der Waals surface area contributed by atoms with Gasteiger partial charge in [0.05, 0.1) is 13.2 Å². The first-order valence-corrected chi connectivity index (χ1v) is 7.49. The van der Waals surface area contributed by atoms with E-state index in [1.54, 1.807) is 0 Å². The summed E-state index contributed by atoms with van der Waals surface area (Å²) < 4.78 is 248. The normalized spacial score (nSPS) is 15.8. The van der Waals surface area contributed by atoms with Crippen LogP contribution < -0.4 is 0 Å². The molecule has 0 aromatic carbocycles. The largest absolute Gasteiger partial charge is 0.460 e. The van der Waals surface area contributed by atoms with Crippen molar-refractivity contribution < 1.29 is 103 Å². The highest BCUT2D eigenvalue weighted by molar-refractivity contribution is 5.15. The van der Waals surface area contributed by atoms with E-state index in [9.17, 15) is 87.8 Å². The molecule has 3 N–H and O–H groups in total. The molecule has 0 fully saturated rings. The van der Waals surface area contributed by atoms with Crippen LogP contribution in [0.1, 0.15) is 0 Å². The average molecular weight is 580 g/mol. The molecule has 0 atom stereocenters. The fourth-order valence-corrected chi connectivity index (χ4v) is 1.40. The Morgan fingerprint density at radius 3 is 0.571 bits per heavy atom. The first kappa shape index (κ1) is 35.6. The topological polar surface area (TPSA) is 60.7 Å². The number of alkyl halides is 20. The third-order valence-electron chi connectivity index (χ3n) is 3.50. The molecule has 214 valence electrons. The van der Waals surface area contributed by atoms with Crippen LogP contribution in [0.4, 0.5) is 87.8 Å². The van der Waals surface area contributed by atoms with Crippen LogP contribution in [0.25, 0.3) is 0 Å². The Hall–Kier alpha value is -1.52. The van der Waals surface area contributed by atoms with Gasteiger partial charge in [0.2, 0.25) is 0 Å². The van der Waals surface area contributed by atoms with E-state index in [0.717, 1.165) is 0 Å². The lowest BCUT2D eigenvalue weighted by Gasteiger charge is -2.42. The van der Waals surface area contributed by atoms with Gasteiger partial charge in [0.25, 0.3) is 0 Å². The van der Waals surface area contributed by atoms with Gasteiger partial charge in [0.15, 0.2) is 0 Å². The summed E-state index contributed by atoms with van der Waals surface area (Å²) in [7, 11) is 0. The molecule has 0 aliphatic heterocycles. The number of aliphatic hydroxyl groups is 3.